The number of carbonyl (C=O) groups excluding carboxylic acids is 1. The van der Waals surface area contributed by atoms with Crippen LogP contribution in [0, 0.1) is 5.82 Å². The molecular formula is C28H35Br2FN4O. The minimum atomic E-state index is -0.228. The van der Waals surface area contributed by atoms with E-state index in [4.69, 9.17) is 0 Å². The van der Waals surface area contributed by atoms with Gasteiger partial charge in [-0.3, -0.25) is 14.6 Å². The van der Waals surface area contributed by atoms with Crippen molar-refractivity contribution >= 4 is 37.8 Å². The molecule has 5 rings (SSSR count). The Morgan fingerprint density at radius 3 is 2.42 bits per heavy atom. The van der Waals surface area contributed by atoms with Gasteiger partial charge in [-0.25, -0.2) is 4.39 Å². The summed E-state index contributed by atoms with van der Waals surface area (Å²) < 4.78 is 15.4. The van der Waals surface area contributed by atoms with Gasteiger partial charge in [0.1, 0.15) is 5.82 Å². The van der Waals surface area contributed by atoms with Crippen molar-refractivity contribution < 1.29 is 9.18 Å². The zero-order valence-electron chi connectivity index (χ0n) is 20.9. The molecule has 8 heteroatoms. The molecule has 36 heavy (non-hydrogen) atoms. The van der Waals surface area contributed by atoms with Crippen molar-refractivity contribution in [2.75, 3.05) is 59.4 Å². The third-order valence-corrected chi connectivity index (χ3v) is 9.07. The Morgan fingerprint density at radius 1 is 1.00 bits per heavy atom. The molecule has 1 amide bonds. The lowest BCUT2D eigenvalue weighted by Gasteiger charge is -2.49. The highest BCUT2D eigenvalue weighted by atomic mass is 79.9. The van der Waals surface area contributed by atoms with Gasteiger partial charge in [0.15, 0.2) is 0 Å². The molecule has 2 aromatic rings. The van der Waals surface area contributed by atoms with Crippen molar-refractivity contribution in [1.82, 2.24) is 19.6 Å². The molecule has 0 aromatic heterocycles. The minimum Gasteiger partial charge on any atom is -0.341 e. The van der Waals surface area contributed by atoms with Gasteiger partial charge < -0.3 is 9.80 Å². The second-order valence-corrected chi connectivity index (χ2v) is 12.5. The number of piperazine rings is 1. The third kappa shape index (κ3) is 6.21. The molecule has 3 fully saturated rings. The lowest BCUT2D eigenvalue weighted by Crippen LogP contribution is -2.64. The molecule has 3 saturated heterocycles. The topological polar surface area (TPSA) is 30.0 Å². The van der Waals surface area contributed by atoms with E-state index in [1.54, 1.807) is 4.90 Å². The quantitative estimate of drug-likeness (QED) is 0.412. The predicted molar refractivity (Wildman–Crippen MR) is 149 cm³/mol. The number of rotatable bonds is 8. The number of amides is 1. The lowest BCUT2D eigenvalue weighted by molar-refractivity contribution is -0.00749. The number of carbonyl (C=O) groups is 1. The van der Waals surface area contributed by atoms with Crippen LogP contribution in [0.5, 0.6) is 0 Å². The maximum absolute atomic E-state index is 13.6. The highest BCUT2D eigenvalue weighted by Crippen LogP contribution is 2.28. The highest BCUT2D eigenvalue weighted by molar-refractivity contribution is 9.11. The van der Waals surface area contributed by atoms with Crippen LogP contribution in [0.25, 0.3) is 0 Å². The summed E-state index contributed by atoms with van der Waals surface area (Å²) in [5, 5.41) is 0. The van der Waals surface area contributed by atoms with Gasteiger partial charge in [0.05, 0.1) is 0 Å². The highest BCUT2D eigenvalue weighted by Gasteiger charge is 2.38. The van der Waals surface area contributed by atoms with Gasteiger partial charge in [0.2, 0.25) is 0 Å². The second kappa shape index (κ2) is 11.6. The number of hydrogen-bond donors (Lipinski definition) is 0. The molecule has 0 saturated carbocycles. The van der Waals surface area contributed by atoms with Crippen molar-refractivity contribution in [3.8, 4) is 0 Å². The van der Waals surface area contributed by atoms with E-state index in [0.29, 0.717) is 18.2 Å². The molecule has 0 spiro atoms. The molecule has 3 heterocycles. The summed E-state index contributed by atoms with van der Waals surface area (Å²) in [7, 11) is 1.86. The molecular weight excluding hydrogens is 587 g/mol. The fraction of sp³-hybridized carbons (Fsp3) is 0.536. The first kappa shape index (κ1) is 26.3. The average Bonchev–Trinajstić information content (AvgIpc) is 3.29. The zero-order valence-corrected chi connectivity index (χ0v) is 24.1. The van der Waals surface area contributed by atoms with Crippen LogP contribution < -0.4 is 0 Å². The standard InChI is InChI=1S/C28H35Br2FN4O/c1-32(28(36)22-13-23(29)15-24(30)14-22)16-21(20-4-6-25(31)7-5-20)8-10-33-17-27(18-33)35-12-11-34-9-2-3-26(34)19-35/h4-7,13-15,21,26-27H,2-3,8-12,16-19H2,1H3/t21-,26?/m1/s1. The number of nitrogens with zero attached hydrogens (tertiary/aromatic N) is 4. The molecule has 3 aliphatic rings. The molecule has 0 radical (unpaired) electrons. The Balaban J connectivity index is 1.18. The van der Waals surface area contributed by atoms with Gasteiger partial charge in [0.25, 0.3) is 5.91 Å². The number of fused-ring (bicyclic) bond motifs is 1. The molecule has 0 aliphatic carbocycles. The normalized spacial score (nSPS) is 22.3. The van der Waals surface area contributed by atoms with Gasteiger partial charge in [-0.15, -0.1) is 0 Å². The van der Waals surface area contributed by atoms with Crippen LogP contribution in [0.2, 0.25) is 0 Å². The largest absolute Gasteiger partial charge is 0.341 e. The molecule has 1 unspecified atom stereocenters. The maximum atomic E-state index is 13.6. The van der Waals surface area contributed by atoms with Crippen LogP contribution in [0.3, 0.4) is 0 Å². The van der Waals surface area contributed by atoms with E-state index in [9.17, 15) is 9.18 Å². The first-order chi connectivity index (χ1) is 17.4. The fourth-order valence-corrected chi connectivity index (χ4v) is 7.34. The van der Waals surface area contributed by atoms with Crippen molar-refractivity contribution in [3.05, 3.63) is 68.4 Å². The van der Waals surface area contributed by atoms with Crippen molar-refractivity contribution in [1.29, 1.82) is 0 Å². The first-order valence-electron chi connectivity index (χ1n) is 13.0. The van der Waals surface area contributed by atoms with Crippen molar-refractivity contribution in [2.24, 2.45) is 0 Å². The number of likely N-dealkylation sites (N-methyl/N-ethyl adjacent to an activating group) is 1. The molecule has 194 valence electrons. The van der Waals surface area contributed by atoms with Crippen LogP contribution in [-0.4, -0.2) is 97.0 Å². The summed E-state index contributed by atoms with van der Waals surface area (Å²) in [6.45, 7) is 8.79. The van der Waals surface area contributed by atoms with E-state index in [2.05, 4.69) is 46.6 Å². The summed E-state index contributed by atoms with van der Waals surface area (Å²) in [4.78, 5) is 22.9. The van der Waals surface area contributed by atoms with E-state index in [1.165, 1.54) is 51.2 Å². The van der Waals surface area contributed by atoms with E-state index in [1.807, 2.05) is 37.4 Å². The Hall–Kier alpha value is -1.32. The van der Waals surface area contributed by atoms with E-state index < -0.39 is 0 Å². The Labute approximate surface area is 230 Å². The number of likely N-dealkylation sites (tertiary alicyclic amines) is 1. The molecule has 3 aliphatic heterocycles. The van der Waals surface area contributed by atoms with E-state index in [-0.39, 0.29) is 17.6 Å². The van der Waals surface area contributed by atoms with Crippen LogP contribution in [0.15, 0.2) is 51.4 Å². The summed E-state index contributed by atoms with van der Waals surface area (Å²) in [6.07, 6.45) is 3.65. The van der Waals surface area contributed by atoms with Gasteiger partial charge in [-0.2, -0.15) is 0 Å². The molecule has 2 atom stereocenters. The molecule has 0 bridgehead atoms. The summed E-state index contributed by atoms with van der Waals surface area (Å²) in [5.74, 6) is -0.0933. The average molecular weight is 622 g/mol. The maximum Gasteiger partial charge on any atom is 0.253 e. The summed E-state index contributed by atoms with van der Waals surface area (Å²) in [5.41, 5.74) is 1.73. The summed E-state index contributed by atoms with van der Waals surface area (Å²) in [6, 6.07) is 13.9. The van der Waals surface area contributed by atoms with Crippen molar-refractivity contribution in [3.63, 3.8) is 0 Å². The van der Waals surface area contributed by atoms with Gasteiger partial charge in [-0.1, -0.05) is 44.0 Å². The van der Waals surface area contributed by atoms with Gasteiger partial charge in [-0.05, 0) is 68.2 Å². The summed E-state index contributed by atoms with van der Waals surface area (Å²) >= 11 is 6.96. The van der Waals surface area contributed by atoms with Crippen LogP contribution in [0.1, 0.15) is 41.1 Å². The molecule has 5 nitrogen and oxygen atoms in total. The predicted octanol–water partition coefficient (Wildman–Crippen LogP) is 5.06. The van der Waals surface area contributed by atoms with E-state index in [0.717, 1.165) is 46.6 Å². The van der Waals surface area contributed by atoms with Crippen LogP contribution in [-0.2, 0) is 0 Å². The molecule has 2 aromatic carbocycles. The monoisotopic (exact) mass is 620 g/mol. The van der Waals surface area contributed by atoms with Crippen molar-refractivity contribution in [2.45, 2.75) is 37.3 Å². The number of benzene rings is 2. The fourth-order valence-electron chi connectivity index (χ4n) is 6.05. The minimum absolute atomic E-state index is 0.0146. The lowest BCUT2D eigenvalue weighted by atomic mass is 9.93. The second-order valence-electron chi connectivity index (χ2n) is 10.6. The van der Waals surface area contributed by atoms with Gasteiger partial charge in [0, 0.05) is 78.8 Å². The first-order valence-corrected chi connectivity index (χ1v) is 14.6. The van der Waals surface area contributed by atoms with E-state index >= 15 is 0 Å². The van der Waals surface area contributed by atoms with Crippen LogP contribution >= 0.6 is 31.9 Å². The SMILES string of the molecule is CN(C[C@@H](CCN1CC(N2CCN3CCCC3C2)C1)c1ccc(F)cc1)C(=O)c1cc(Br)cc(Br)c1. The number of halogens is 3. The Bertz CT molecular complexity index is 1040. The third-order valence-electron chi connectivity index (χ3n) is 8.16. The Morgan fingerprint density at radius 2 is 1.69 bits per heavy atom. The molecule has 0 N–H and O–H groups in total. The zero-order chi connectivity index (χ0) is 25.2. The smallest absolute Gasteiger partial charge is 0.253 e. The van der Waals surface area contributed by atoms with Crippen LogP contribution in [0.4, 0.5) is 4.39 Å². The van der Waals surface area contributed by atoms with Gasteiger partial charge >= 0.3 is 0 Å². The number of hydrogen-bond acceptors (Lipinski definition) is 4. The Kier molecular flexibility index (Phi) is 8.47.